The van der Waals surface area contributed by atoms with Gasteiger partial charge in [0.25, 0.3) is 0 Å². The van der Waals surface area contributed by atoms with Gasteiger partial charge in [0.1, 0.15) is 0 Å². The molecule has 0 amide bonds. The Bertz CT molecular complexity index is 387. The lowest BCUT2D eigenvalue weighted by molar-refractivity contribution is -0.142. The average Bonchev–Trinajstić information content (AvgIpc) is 2.75. The van der Waals surface area contributed by atoms with Crippen molar-refractivity contribution in [2.75, 3.05) is 18.9 Å². The van der Waals surface area contributed by atoms with Crippen molar-refractivity contribution in [1.82, 2.24) is 4.72 Å². The molecule has 2 atom stereocenters. The van der Waals surface area contributed by atoms with Gasteiger partial charge in [0.05, 0.1) is 17.8 Å². The maximum atomic E-state index is 11.8. The van der Waals surface area contributed by atoms with Crippen LogP contribution in [0.5, 0.6) is 0 Å². The quantitative estimate of drug-likeness (QED) is 0.691. The third-order valence-corrected chi connectivity index (χ3v) is 4.50. The van der Waals surface area contributed by atoms with Crippen LogP contribution in [0, 0.1) is 11.8 Å². The van der Waals surface area contributed by atoms with Gasteiger partial charge in [0.2, 0.25) is 10.0 Å². The molecule has 0 spiro atoms. The number of hydrogen-bond acceptors (Lipinski definition) is 4. The Hall–Kier alpha value is -0.660. The van der Waals surface area contributed by atoms with E-state index in [9.17, 15) is 13.2 Å². The maximum Gasteiger partial charge on any atom is 0.307 e. The Morgan fingerprint density at radius 2 is 2.16 bits per heavy atom. The van der Waals surface area contributed by atoms with Gasteiger partial charge in [-0.3, -0.25) is 4.79 Å². The monoisotopic (exact) mass is 293 g/mol. The minimum atomic E-state index is -3.47. The van der Waals surface area contributed by atoms with Gasteiger partial charge in [0, 0.05) is 13.2 Å². The smallest absolute Gasteiger partial charge is 0.307 e. The number of ether oxygens (including phenoxy) is 1. The molecule has 112 valence electrons. The van der Waals surface area contributed by atoms with E-state index in [-0.39, 0.29) is 24.3 Å². The number of sulfonamides is 1. The zero-order valence-corrected chi connectivity index (χ0v) is 12.3. The number of aliphatic carboxylic acids is 1. The first-order valence-corrected chi connectivity index (χ1v) is 8.27. The fraction of sp³-hybridized carbons (Fsp3) is 0.917. The van der Waals surface area contributed by atoms with E-state index >= 15 is 0 Å². The van der Waals surface area contributed by atoms with Crippen molar-refractivity contribution >= 4 is 16.0 Å². The van der Waals surface area contributed by atoms with Gasteiger partial charge in [-0.15, -0.1) is 0 Å². The Labute approximate surface area is 114 Å². The topological polar surface area (TPSA) is 92.7 Å². The number of rotatable bonds is 8. The molecule has 1 rings (SSSR count). The zero-order valence-electron chi connectivity index (χ0n) is 11.5. The molecule has 0 aromatic rings. The molecule has 2 N–H and O–H groups in total. The number of nitrogens with one attached hydrogen (secondary N) is 1. The highest BCUT2D eigenvalue weighted by atomic mass is 32.2. The van der Waals surface area contributed by atoms with Crippen LogP contribution in [-0.4, -0.2) is 44.5 Å². The van der Waals surface area contributed by atoms with Gasteiger partial charge in [-0.05, 0) is 25.2 Å². The molecule has 1 aliphatic heterocycles. The van der Waals surface area contributed by atoms with E-state index in [2.05, 4.69) is 4.72 Å². The average molecular weight is 293 g/mol. The van der Waals surface area contributed by atoms with Gasteiger partial charge in [0.15, 0.2) is 0 Å². The summed E-state index contributed by atoms with van der Waals surface area (Å²) >= 11 is 0. The van der Waals surface area contributed by atoms with Crippen LogP contribution in [0.2, 0.25) is 0 Å². The predicted molar refractivity (Wildman–Crippen MR) is 71.3 cm³/mol. The van der Waals surface area contributed by atoms with Gasteiger partial charge in [-0.25, -0.2) is 13.1 Å². The fourth-order valence-corrected chi connectivity index (χ4v) is 3.47. The minimum absolute atomic E-state index is 0.0530. The first-order valence-electron chi connectivity index (χ1n) is 6.62. The van der Waals surface area contributed by atoms with E-state index in [1.54, 1.807) is 0 Å². The Balaban J connectivity index is 2.45. The number of carboxylic acids is 1. The highest BCUT2D eigenvalue weighted by Crippen LogP contribution is 2.15. The summed E-state index contributed by atoms with van der Waals surface area (Å²) in [5, 5.41) is 9.04. The van der Waals surface area contributed by atoms with Crippen LogP contribution in [0.25, 0.3) is 0 Å². The molecule has 6 nitrogen and oxygen atoms in total. The lowest BCUT2D eigenvalue weighted by Crippen LogP contribution is -2.37. The van der Waals surface area contributed by atoms with Crippen LogP contribution in [0.1, 0.15) is 33.1 Å². The lowest BCUT2D eigenvalue weighted by Gasteiger charge is -2.16. The lowest BCUT2D eigenvalue weighted by atomic mass is 9.98. The number of carboxylic acid groups (broad SMARTS) is 1. The van der Waals surface area contributed by atoms with Crippen molar-refractivity contribution in [2.24, 2.45) is 11.8 Å². The molecular formula is C12H23NO5S. The summed E-state index contributed by atoms with van der Waals surface area (Å²) < 4.78 is 31.3. The SMILES string of the molecule is CC(C)CC(CNS(=O)(=O)CC1CCCO1)C(=O)O. The van der Waals surface area contributed by atoms with Crippen molar-refractivity contribution in [3.8, 4) is 0 Å². The molecule has 1 aliphatic rings. The molecule has 0 aromatic carbocycles. The second-order valence-electron chi connectivity index (χ2n) is 5.43. The molecular weight excluding hydrogens is 270 g/mol. The van der Waals surface area contributed by atoms with E-state index in [0.717, 1.165) is 12.8 Å². The first-order chi connectivity index (χ1) is 8.80. The molecule has 19 heavy (non-hydrogen) atoms. The highest BCUT2D eigenvalue weighted by molar-refractivity contribution is 7.89. The number of carbonyl (C=O) groups is 1. The third-order valence-electron chi connectivity index (χ3n) is 3.08. The summed E-state index contributed by atoms with van der Waals surface area (Å²) in [6.45, 7) is 4.38. The summed E-state index contributed by atoms with van der Waals surface area (Å²) in [5.74, 6) is -1.52. The molecule has 1 heterocycles. The van der Waals surface area contributed by atoms with Crippen LogP contribution in [0.15, 0.2) is 0 Å². The van der Waals surface area contributed by atoms with Gasteiger partial charge in [-0.1, -0.05) is 13.8 Å². The standard InChI is InChI=1S/C12H23NO5S/c1-9(2)6-10(12(14)15)7-13-19(16,17)8-11-4-3-5-18-11/h9-11,13H,3-8H2,1-2H3,(H,14,15). The Kier molecular flexibility index (Phi) is 6.22. The van der Waals surface area contributed by atoms with Crippen molar-refractivity contribution in [3.63, 3.8) is 0 Å². The summed E-state index contributed by atoms with van der Waals surface area (Å²) in [4.78, 5) is 11.0. The summed E-state index contributed by atoms with van der Waals surface area (Å²) in [6.07, 6.45) is 1.82. The van der Waals surface area contributed by atoms with Crippen molar-refractivity contribution in [3.05, 3.63) is 0 Å². The van der Waals surface area contributed by atoms with Crippen LogP contribution in [-0.2, 0) is 19.6 Å². The zero-order chi connectivity index (χ0) is 14.5. The second kappa shape index (κ2) is 7.21. The van der Waals surface area contributed by atoms with Crippen molar-refractivity contribution < 1.29 is 23.1 Å². The van der Waals surface area contributed by atoms with Crippen LogP contribution in [0.4, 0.5) is 0 Å². The fourth-order valence-electron chi connectivity index (χ4n) is 2.15. The number of hydrogen-bond donors (Lipinski definition) is 2. The Morgan fingerprint density at radius 3 is 2.63 bits per heavy atom. The molecule has 2 unspecified atom stereocenters. The van der Waals surface area contributed by atoms with E-state index in [0.29, 0.717) is 13.0 Å². The van der Waals surface area contributed by atoms with E-state index < -0.39 is 21.9 Å². The normalized spacial score (nSPS) is 21.7. The predicted octanol–water partition coefficient (Wildman–Crippen LogP) is 0.832. The summed E-state index contributed by atoms with van der Waals surface area (Å²) in [5.41, 5.74) is 0. The molecule has 1 saturated heterocycles. The van der Waals surface area contributed by atoms with E-state index in [4.69, 9.17) is 9.84 Å². The molecule has 0 aliphatic carbocycles. The van der Waals surface area contributed by atoms with E-state index in [1.807, 2.05) is 13.8 Å². The van der Waals surface area contributed by atoms with Gasteiger partial charge < -0.3 is 9.84 Å². The van der Waals surface area contributed by atoms with Gasteiger partial charge >= 0.3 is 5.97 Å². The minimum Gasteiger partial charge on any atom is -0.481 e. The van der Waals surface area contributed by atoms with Crippen LogP contribution in [0.3, 0.4) is 0 Å². The van der Waals surface area contributed by atoms with Gasteiger partial charge in [-0.2, -0.15) is 0 Å². The van der Waals surface area contributed by atoms with Crippen molar-refractivity contribution in [2.45, 2.75) is 39.2 Å². The highest BCUT2D eigenvalue weighted by Gasteiger charge is 2.25. The summed E-state index contributed by atoms with van der Waals surface area (Å²) in [7, 11) is -3.47. The second-order valence-corrected chi connectivity index (χ2v) is 7.28. The van der Waals surface area contributed by atoms with Crippen molar-refractivity contribution in [1.29, 1.82) is 0 Å². The molecule has 0 bridgehead atoms. The maximum absolute atomic E-state index is 11.8. The van der Waals surface area contributed by atoms with E-state index in [1.165, 1.54) is 0 Å². The molecule has 0 saturated carbocycles. The van der Waals surface area contributed by atoms with Crippen LogP contribution < -0.4 is 4.72 Å². The molecule has 7 heteroatoms. The Morgan fingerprint density at radius 1 is 1.47 bits per heavy atom. The molecule has 0 aromatic heterocycles. The molecule has 0 radical (unpaired) electrons. The van der Waals surface area contributed by atoms with Crippen LogP contribution >= 0.6 is 0 Å². The largest absolute Gasteiger partial charge is 0.481 e. The molecule has 1 fully saturated rings. The third kappa shape index (κ3) is 6.35. The summed E-state index contributed by atoms with van der Waals surface area (Å²) in [6, 6.07) is 0. The first kappa shape index (κ1) is 16.4.